The molecule has 40 heavy (non-hydrogen) atoms. The molecule has 0 saturated heterocycles. The molecule has 204 valence electrons. The number of nitrogens with zero attached hydrogens (tertiary/aromatic N) is 2. The number of fused-ring (bicyclic) bond motifs is 4. The molecule has 0 bridgehead atoms. The smallest absolute Gasteiger partial charge is 0.488 e. The maximum absolute atomic E-state index is 14.1. The Kier molecular flexibility index (Phi) is 6.47. The highest BCUT2D eigenvalue weighted by Gasteiger charge is 2.25. The summed E-state index contributed by atoms with van der Waals surface area (Å²) in [6, 6.07) is 17.3. The molecule has 2 heterocycles. The molecule has 0 unspecified atom stereocenters. The average Bonchev–Trinajstić information content (AvgIpc) is 3.31. The van der Waals surface area contributed by atoms with E-state index in [0.29, 0.717) is 56.5 Å². The van der Waals surface area contributed by atoms with Crippen molar-refractivity contribution in [3.63, 3.8) is 0 Å². The maximum atomic E-state index is 14.1. The molecule has 10 heteroatoms. The van der Waals surface area contributed by atoms with E-state index in [1.165, 1.54) is 12.1 Å². The largest absolute Gasteiger partial charge is 0.493 e. The Balaban J connectivity index is 1.70. The van der Waals surface area contributed by atoms with E-state index in [-0.39, 0.29) is 17.2 Å². The summed E-state index contributed by atoms with van der Waals surface area (Å²) < 4.78 is 48.1. The molecular formula is C30H26FN3O5S. The first-order valence-electron chi connectivity index (χ1n) is 13.2. The zero-order chi connectivity index (χ0) is 28.0. The number of halogens is 1. The number of rotatable bonds is 6. The van der Waals surface area contributed by atoms with Gasteiger partial charge in [-0.3, -0.25) is 4.79 Å². The molecule has 1 aliphatic carbocycles. The van der Waals surface area contributed by atoms with Crippen LogP contribution in [0.1, 0.15) is 50.6 Å². The molecule has 5 aromatic rings. The van der Waals surface area contributed by atoms with Crippen LogP contribution < -0.4 is 14.3 Å². The van der Waals surface area contributed by atoms with E-state index in [0.717, 1.165) is 37.5 Å². The maximum Gasteiger partial charge on any atom is 0.488 e. The summed E-state index contributed by atoms with van der Waals surface area (Å²) >= 11 is 0. The number of pyridine rings is 1. The van der Waals surface area contributed by atoms with Gasteiger partial charge in [-0.05, 0) is 61.7 Å². The van der Waals surface area contributed by atoms with E-state index in [2.05, 4.69) is 19.8 Å². The summed E-state index contributed by atoms with van der Waals surface area (Å²) in [5.74, 6) is 0.264. The number of aromatic nitrogens is 2. The minimum atomic E-state index is -5.20. The fourth-order valence-corrected chi connectivity index (χ4v) is 6.25. The second-order valence-corrected chi connectivity index (χ2v) is 11.0. The van der Waals surface area contributed by atoms with Crippen molar-refractivity contribution in [3.05, 3.63) is 70.4 Å². The molecule has 1 fully saturated rings. The molecule has 2 aromatic heterocycles. The first-order valence-corrected chi connectivity index (χ1v) is 14.5. The summed E-state index contributed by atoms with van der Waals surface area (Å²) in [6.45, 7) is 2.16. The van der Waals surface area contributed by atoms with Crippen LogP contribution in [0.2, 0.25) is 0 Å². The Labute approximate surface area is 230 Å². The Morgan fingerprint density at radius 1 is 1.07 bits per heavy atom. The van der Waals surface area contributed by atoms with Crippen molar-refractivity contribution in [2.24, 2.45) is 0 Å². The third-order valence-electron chi connectivity index (χ3n) is 7.56. The van der Waals surface area contributed by atoms with Crippen LogP contribution in [0.3, 0.4) is 0 Å². The van der Waals surface area contributed by atoms with Crippen molar-refractivity contribution in [1.82, 2.24) is 9.55 Å². The lowest BCUT2D eigenvalue weighted by Gasteiger charge is -2.27. The lowest BCUT2D eigenvalue weighted by Crippen LogP contribution is -2.18. The van der Waals surface area contributed by atoms with Crippen molar-refractivity contribution in [2.75, 3.05) is 6.61 Å². The third-order valence-corrected chi connectivity index (χ3v) is 7.95. The first kappa shape index (κ1) is 25.9. The Bertz CT molecular complexity index is 2000. The van der Waals surface area contributed by atoms with Gasteiger partial charge in [0.25, 0.3) is 0 Å². The van der Waals surface area contributed by atoms with E-state index >= 15 is 0 Å². The quantitative estimate of drug-likeness (QED) is 0.232. The van der Waals surface area contributed by atoms with Crippen LogP contribution in [-0.2, 0) is 10.5 Å². The second-order valence-electron chi connectivity index (χ2n) is 10.0. The number of nitrogens with one attached hydrogen (secondary N) is 1. The third kappa shape index (κ3) is 4.56. The molecule has 0 radical (unpaired) electrons. The molecular weight excluding hydrogens is 533 g/mol. The molecule has 3 aromatic carbocycles. The molecule has 0 atom stereocenters. The van der Waals surface area contributed by atoms with Crippen LogP contribution in [0.25, 0.3) is 44.0 Å². The first-order chi connectivity index (χ1) is 19.3. The van der Waals surface area contributed by atoms with Crippen LogP contribution in [-0.4, -0.2) is 24.6 Å². The average molecular weight is 560 g/mol. The highest BCUT2D eigenvalue weighted by molar-refractivity contribution is 7.81. The van der Waals surface area contributed by atoms with Gasteiger partial charge < -0.3 is 18.5 Å². The number of hydrogen-bond acceptors (Lipinski definition) is 6. The topological polar surface area (TPSA) is 114 Å². The van der Waals surface area contributed by atoms with Gasteiger partial charge in [-0.25, -0.2) is 0 Å². The van der Waals surface area contributed by atoms with Crippen molar-refractivity contribution >= 4 is 43.3 Å². The standard InChI is InChI=1S/C30H26FN3O5S/c1-2-38-27-16-24-26(15-23(27)19-7-6-10-21(14-19)39-40(31,36)37)34(20-8-4-3-5-9-20)30-28(29(24)35)22-12-11-18(17-32)13-25(22)33-30/h6-7,10-16,20,33H,2-5,8-9H2,1H3. The van der Waals surface area contributed by atoms with Crippen LogP contribution in [0.15, 0.2) is 59.4 Å². The highest BCUT2D eigenvalue weighted by atomic mass is 32.3. The SMILES string of the molecule is CCOc1cc2c(=O)c3c4ccc(C#N)cc4[nH]c3n(C3CCCCC3)c2cc1-c1cccc(OS(=O)(=O)F)c1. The summed E-state index contributed by atoms with van der Waals surface area (Å²) in [7, 11) is -5.20. The summed E-state index contributed by atoms with van der Waals surface area (Å²) in [5, 5.41) is 11.2. The number of nitriles is 1. The van der Waals surface area contributed by atoms with Gasteiger partial charge in [-0.1, -0.05) is 41.3 Å². The minimum Gasteiger partial charge on any atom is -0.493 e. The van der Waals surface area contributed by atoms with E-state index in [1.807, 2.05) is 19.1 Å². The van der Waals surface area contributed by atoms with E-state index in [4.69, 9.17) is 4.74 Å². The van der Waals surface area contributed by atoms with Gasteiger partial charge in [0.15, 0.2) is 5.43 Å². The minimum absolute atomic E-state index is 0.139. The summed E-state index contributed by atoms with van der Waals surface area (Å²) in [6.07, 6.45) is 5.19. The van der Waals surface area contributed by atoms with Gasteiger partial charge >= 0.3 is 10.5 Å². The second kappa shape index (κ2) is 9.99. The van der Waals surface area contributed by atoms with Gasteiger partial charge in [-0.2, -0.15) is 13.7 Å². The molecule has 1 aliphatic rings. The van der Waals surface area contributed by atoms with E-state index < -0.39 is 10.5 Å². The van der Waals surface area contributed by atoms with Gasteiger partial charge in [0, 0.05) is 22.5 Å². The van der Waals surface area contributed by atoms with Crippen LogP contribution in [0, 0.1) is 11.3 Å². The number of ether oxygens (including phenoxy) is 1. The highest BCUT2D eigenvalue weighted by Crippen LogP contribution is 2.40. The number of hydrogen-bond donors (Lipinski definition) is 1. The lowest BCUT2D eigenvalue weighted by molar-refractivity contribution is 0.342. The van der Waals surface area contributed by atoms with Crippen LogP contribution in [0.5, 0.6) is 11.5 Å². The Morgan fingerprint density at radius 3 is 2.60 bits per heavy atom. The van der Waals surface area contributed by atoms with Crippen LogP contribution in [0.4, 0.5) is 3.89 Å². The Hall–Kier alpha value is -4.36. The fourth-order valence-electron chi connectivity index (χ4n) is 5.92. The van der Waals surface area contributed by atoms with Gasteiger partial charge in [0.05, 0.1) is 34.5 Å². The normalized spacial score (nSPS) is 14.5. The van der Waals surface area contributed by atoms with Gasteiger partial charge in [0.2, 0.25) is 0 Å². The summed E-state index contributed by atoms with van der Waals surface area (Å²) in [5.41, 5.74) is 3.63. The van der Waals surface area contributed by atoms with Crippen molar-refractivity contribution in [1.29, 1.82) is 5.26 Å². The molecule has 8 nitrogen and oxygen atoms in total. The molecule has 0 amide bonds. The summed E-state index contributed by atoms with van der Waals surface area (Å²) in [4.78, 5) is 17.5. The Morgan fingerprint density at radius 2 is 1.88 bits per heavy atom. The molecule has 1 saturated carbocycles. The number of benzene rings is 3. The zero-order valence-corrected chi connectivity index (χ0v) is 22.6. The van der Waals surface area contributed by atoms with Crippen molar-refractivity contribution in [3.8, 4) is 28.7 Å². The number of aromatic amines is 1. The van der Waals surface area contributed by atoms with Gasteiger partial charge in [-0.15, -0.1) is 0 Å². The molecule has 6 rings (SSSR count). The monoisotopic (exact) mass is 559 g/mol. The zero-order valence-electron chi connectivity index (χ0n) is 21.7. The van der Waals surface area contributed by atoms with E-state index in [1.54, 1.807) is 30.3 Å². The predicted octanol–water partition coefficient (Wildman–Crippen LogP) is 6.67. The molecule has 0 spiro atoms. The van der Waals surface area contributed by atoms with Crippen molar-refractivity contribution in [2.45, 2.75) is 45.1 Å². The fraction of sp³-hybridized carbons (Fsp3) is 0.267. The molecule has 1 N–H and O–H groups in total. The predicted molar refractivity (Wildman–Crippen MR) is 152 cm³/mol. The van der Waals surface area contributed by atoms with Crippen LogP contribution >= 0.6 is 0 Å². The van der Waals surface area contributed by atoms with Gasteiger partial charge in [0.1, 0.15) is 17.1 Å². The molecule has 0 aliphatic heterocycles. The van der Waals surface area contributed by atoms with E-state index in [9.17, 15) is 22.4 Å². The lowest BCUT2D eigenvalue weighted by atomic mass is 9.93. The number of H-pyrrole nitrogens is 1. The van der Waals surface area contributed by atoms with Crippen molar-refractivity contribution < 1.29 is 21.2 Å².